The molecule has 1 nitrogen and oxygen atoms in total. The maximum absolute atomic E-state index is 14.2. The lowest BCUT2D eigenvalue weighted by molar-refractivity contribution is -0.126. The van der Waals surface area contributed by atoms with E-state index in [0.29, 0.717) is 12.0 Å². The van der Waals surface area contributed by atoms with Crippen molar-refractivity contribution >= 4 is 11.4 Å². The van der Waals surface area contributed by atoms with Gasteiger partial charge in [0.1, 0.15) is 0 Å². The van der Waals surface area contributed by atoms with Crippen LogP contribution in [0.15, 0.2) is 36.2 Å². The molecule has 1 aromatic carbocycles. The molecule has 1 spiro atoms. The normalized spacial score (nSPS) is 22.8. The Hall–Kier alpha value is -1.44. The summed E-state index contributed by atoms with van der Waals surface area (Å²) in [7, 11) is 0. The van der Waals surface area contributed by atoms with Crippen LogP contribution >= 0.6 is 0 Å². The van der Waals surface area contributed by atoms with Crippen molar-refractivity contribution in [3.63, 3.8) is 0 Å². The number of carbonyl (C=O) groups is 1. The van der Waals surface area contributed by atoms with Crippen molar-refractivity contribution in [2.45, 2.75) is 38.5 Å². The molecule has 0 aliphatic heterocycles. The van der Waals surface area contributed by atoms with Crippen LogP contribution in [-0.2, 0) is 4.79 Å². The van der Waals surface area contributed by atoms with Crippen molar-refractivity contribution in [1.29, 1.82) is 0 Å². The first kappa shape index (κ1) is 11.6. The van der Waals surface area contributed by atoms with Gasteiger partial charge in [0.15, 0.2) is 11.6 Å². The van der Waals surface area contributed by atoms with Gasteiger partial charge in [-0.05, 0) is 30.4 Å². The summed E-state index contributed by atoms with van der Waals surface area (Å²) in [6, 6.07) is 9.49. The molecule has 2 heteroatoms. The lowest BCUT2D eigenvalue weighted by Crippen LogP contribution is -2.29. The van der Waals surface area contributed by atoms with Gasteiger partial charge in [-0.15, -0.1) is 0 Å². The standard InChI is InChI=1S/C16H17FO/c17-14-13(12-7-3-1-4-8-12)11-16(15(14)18)9-5-2-6-10-16/h1,3-4,7-8H,2,5-6,9-11H2. The number of benzene rings is 1. The number of allylic oxidation sites excluding steroid dienone is 2. The van der Waals surface area contributed by atoms with Crippen molar-refractivity contribution in [3.05, 3.63) is 41.7 Å². The van der Waals surface area contributed by atoms with Gasteiger partial charge >= 0.3 is 0 Å². The van der Waals surface area contributed by atoms with Gasteiger partial charge in [0.25, 0.3) is 0 Å². The molecule has 1 saturated carbocycles. The average molecular weight is 244 g/mol. The van der Waals surface area contributed by atoms with Gasteiger partial charge in [0.05, 0.1) is 0 Å². The van der Waals surface area contributed by atoms with Gasteiger partial charge < -0.3 is 0 Å². The predicted octanol–water partition coefficient (Wildman–Crippen LogP) is 4.29. The summed E-state index contributed by atoms with van der Waals surface area (Å²) in [6.07, 6.45) is 5.60. The van der Waals surface area contributed by atoms with Gasteiger partial charge in [0.2, 0.25) is 0 Å². The molecule has 2 aliphatic carbocycles. The monoisotopic (exact) mass is 244 g/mol. The van der Waals surface area contributed by atoms with Crippen molar-refractivity contribution in [2.24, 2.45) is 5.41 Å². The Morgan fingerprint density at radius 3 is 2.33 bits per heavy atom. The van der Waals surface area contributed by atoms with Gasteiger partial charge in [-0.1, -0.05) is 49.6 Å². The highest BCUT2D eigenvalue weighted by atomic mass is 19.1. The molecule has 1 fully saturated rings. The third-order valence-electron chi connectivity index (χ3n) is 4.39. The molecule has 0 radical (unpaired) electrons. The molecule has 94 valence electrons. The summed E-state index contributed by atoms with van der Waals surface area (Å²) in [4.78, 5) is 12.2. The first-order valence-corrected chi connectivity index (χ1v) is 6.72. The summed E-state index contributed by atoms with van der Waals surface area (Å²) < 4.78 is 14.2. The fraction of sp³-hybridized carbons (Fsp3) is 0.438. The van der Waals surface area contributed by atoms with Crippen molar-refractivity contribution in [3.8, 4) is 0 Å². The molecular formula is C16H17FO. The number of Topliss-reactive ketones (excluding diaryl/α,β-unsaturated/α-hetero) is 1. The predicted molar refractivity (Wildman–Crippen MR) is 69.6 cm³/mol. The van der Waals surface area contributed by atoms with Crippen molar-refractivity contribution in [2.75, 3.05) is 0 Å². The van der Waals surface area contributed by atoms with E-state index in [1.165, 1.54) is 6.42 Å². The van der Waals surface area contributed by atoms with Crippen LogP contribution in [0.1, 0.15) is 44.1 Å². The molecule has 0 aromatic heterocycles. The molecule has 0 N–H and O–H groups in total. The number of hydrogen-bond donors (Lipinski definition) is 0. The van der Waals surface area contributed by atoms with E-state index in [2.05, 4.69) is 0 Å². The number of halogens is 1. The Kier molecular flexibility index (Phi) is 2.81. The highest BCUT2D eigenvalue weighted by molar-refractivity contribution is 6.09. The lowest BCUT2D eigenvalue weighted by atomic mass is 9.71. The summed E-state index contributed by atoms with van der Waals surface area (Å²) in [5.74, 6) is -0.718. The van der Waals surface area contributed by atoms with Crippen LogP contribution in [0, 0.1) is 5.41 Å². The van der Waals surface area contributed by atoms with Crippen LogP contribution in [0.4, 0.5) is 4.39 Å². The topological polar surface area (TPSA) is 17.1 Å². The minimum absolute atomic E-state index is 0.235. The van der Waals surface area contributed by atoms with E-state index in [1.807, 2.05) is 30.3 Å². The van der Waals surface area contributed by atoms with Gasteiger partial charge in [-0.25, -0.2) is 4.39 Å². The third-order valence-corrected chi connectivity index (χ3v) is 4.39. The van der Waals surface area contributed by atoms with E-state index in [4.69, 9.17) is 0 Å². The summed E-state index contributed by atoms with van der Waals surface area (Å²) in [5, 5.41) is 0. The van der Waals surface area contributed by atoms with E-state index in [9.17, 15) is 9.18 Å². The zero-order valence-corrected chi connectivity index (χ0v) is 10.4. The molecular weight excluding hydrogens is 227 g/mol. The van der Waals surface area contributed by atoms with E-state index in [1.54, 1.807) is 0 Å². The van der Waals surface area contributed by atoms with Crippen LogP contribution in [0.25, 0.3) is 5.57 Å². The van der Waals surface area contributed by atoms with Crippen LogP contribution in [-0.4, -0.2) is 5.78 Å². The molecule has 0 saturated heterocycles. The van der Waals surface area contributed by atoms with Crippen LogP contribution in [0.5, 0.6) is 0 Å². The summed E-state index contributed by atoms with van der Waals surface area (Å²) >= 11 is 0. The quantitative estimate of drug-likeness (QED) is 0.720. The highest BCUT2D eigenvalue weighted by Gasteiger charge is 2.47. The zero-order valence-electron chi connectivity index (χ0n) is 10.4. The van der Waals surface area contributed by atoms with Gasteiger partial charge in [0, 0.05) is 5.41 Å². The molecule has 0 heterocycles. The maximum atomic E-state index is 14.2. The third kappa shape index (κ3) is 1.71. The largest absolute Gasteiger partial charge is 0.291 e. The number of hydrogen-bond acceptors (Lipinski definition) is 1. The van der Waals surface area contributed by atoms with Crippen LogP contribution in [0.3, 0.4) is 0 Å². The molecule has 0 atom stereocenters. The number of carbonyl (C=O) groups excluding carboxylic acids is 1. The van der Waals surface area contributed by atoms with E-state index in [-0.39, 0.29) is 5.78 Å². The van der Waals surface area contributed by atoms with Crippen molar-refractivity contribution in [1.82, 2.24) is 0 Å². The van der Waals surface area contributed by atoms with E-state index < -0.39 is 11.2 Å². The minimum Gasteiger partial charge on any atom is -0.291 e. The van der Waals surface area contributed by atoms with E-state index in [0.717, 1.165) is 31.2 Å². The second-order valence-corrected chi connectivity index (χ2v) is 5.51. The molecule has 18 heavy (non-hydrogen) atoms. The Morgan fingerprint density at radius 1 is 1.00 bits per heavy atom. The first-order chi connectivity index (χ1) is 8.73. The summed E-state index contributed by atoms with van der Waals surface area (Å²) in [5.41, 5.74) is 1.08. The Balaban J connectivity index is 1.96. The molecule has 0 bridgehead atoms. The van der Waals surface area contributed by atoms with Gasteiger partial charge in [-0.3, -0.25) is 4.79 Å². The minimum atomic E-state index is -0.483. The lowest BCUT2D eigenvalue weighted by Gasteiger charge is -2.31. The highest BCUT2D eigenvalue weighted by Crippen LogP contribution is 2.51. The van der Waals surface area contributed by atoms with E-state index >= 15 is 0 Å². The zero-order chi connectivity index (χ0) is 12.6. The fourth-order valence-corrected chi connectivity index (χ4v) is 3.37. The van der Waals surface area contributed by atoms with Gasteiger partial charge in [-0.2, -0.15) is 0 Å². The Labute approximate surface area is 107 Å². The number of rotatable bonds is 1. The molecule has 3 rings (SSSR count). The van der Waals surface area contributed by atoms with Crippen molar-refractivity contribution < 1.29 is 9.18 Å². The smallest absolute Gasteiger partial charge is 0.197 e. The average Bonchev–Trinajstić information content (AvgIpc) is 2.67. The Bertz CT molecular complexity index is 495. The molecule has 0 amide bonds. The number of ketones is 1. The van der Waals surface area contributed by atoms with Crippen LogP contribution < -0.4 is 0 Å². The molecule has 2 aliphatic rings. The maximum Gasteiger partial charge on any atom is 0.197 e. The second-order valence-electron chi connectivity index (χ2n) is 5.51. The van der Waals surface area contributed by atoms with Crippen LogP contribution in [0.2, 0.25) is 0 Å². The first-order valence-electron chi connectivity index (χ1n) is 6.72. The SMILES string of the molecule is O=C1C(F)=C(c2ccccc2)CC12CCCCC2. The Morgan fingerprint density at radius 2 is 1.67 bits per heavy atom. The fourth-order valence-electron chi connectivity index (χ4n) is 3.37. The molecule has 0 unspecified atom stereocenters. The summed E-state index contributed by atoms with van der Waals surface area (Å²) in [6.45, 7) is 0. The molecule has 1 aromatic rings. The second kappa shape index (κ2) is 4.34.